The topological polar surface area (TPSA) is 90.0 Å². The first kappa shape index (κ1) is 25.1. The molecule has 4 heterocycles. The third kappa shape index (κ3) is 4.32. The molecule has 0 unspecified atom stereocenters. The highest BCUT2D eigenvalue weighted by Gasteiger charge is 2.29. The summed E-state index contributed by atoms with van der Waals surface area (Å²) >= 11 is 6.70. The third-order valence-corrected chi connectivity index (χ3v) is 7.08. The van der Waals surface area contributed by atoms with Crippen LogP contribution in [-0.2, 0) is 0 Å². The van der Waals surface area contributed by atoms with Crippen LogP contribution in [0.5, 0.6) is 0 Å². The molecule has 0 amide bonds. The van der Waals surface area contributed by atoms with Gasteiger partial charge in [0.25, 0.3) is 0 Å². The second kappa shape index (κ2) is 9.72. The second-order valence-corrected chi connectivity index (χ2v) is 10.1. The minimum atomic E-state index is -0.571. The fourth-order valence-corrected chi connectivity index (χ4v) is 5.24. The Hall–Kier alpha value is -3.56. The number of anilines is 1. The molecule has 1 N–H and O–H groups in total. The zero-order valence-electron chi connectivity index (χ0n) is 21.1. The fraction of sp³-hybridized carbons (Fsp3) is 0.333. The largest absolute Gasteiger partial charge is 0.618 e. The number of piperazine rings is 1. The monoisotopic (exact) mass is 522 g/mol. The van der Waals surface area contributed by atoms with Crippen molar-refractivity contribution in [2.45, 2.75) is 39.7 Å². The van der Waals surface area contributed by atoms with Gasteiger partial charge in [0.2, 0.25) is 5.69 Å². The summed E-state index contributed by atoms with van der Waals surface area (Å²) in [5.74, 6) is -0.207. The van der Waals surface area contributed by atoms with E-state index in [1.54, 1.807) is 30.3 Å². The van der Waals surface area contributed by atoms with Crippen LogP contribution in [0.25, 0.3) is 28.0 Å². The molecule has 8 nitrogen and oxygen atoms in total. The average molecular weight is 523 g/mol. The molecule has 0 saturated carbocycles. The van der Waals surface area contributed by atoms with Crippen LogP contribution in [0, 0.1) is 17.9 Å². The third-order valence-electron chi connectivity index (χ3n) is 6.79. The number of hydrogen-bond donors (Lipinski definition) is 1. The van der Waals surface area contributed by atoms with Crippen LogP contribution in [0.1, 0.15) is 37.9 Å². The molecule has 1 aromatic carbocycles. The lowest BCUT2D eigenvalue weighted by molar-refractivity contribution is -0.615. The van der Waals surface area contributed by atoms with Crippen LogP contribution in [-0.4, -0.2) is 40.2 Å². The smallest absolute Gasteiger partial charge is 0.356 e. The number of nitrogens with one attached hydrogen (secondary N) is 1. The van der Waals surface area contributed by atoms with Gasteiger partial charge in [-0.1, -0.05) is 37.6 Å². The lowest BCUT2D eigenvalue weighted by Gasteiger charge is -2.35. The molecule has 5 rings (SSSR count). The van der Waals surface area contributed by atoms with E-state index in [0.29, 0.717) is 34.7 Å². The highest BCUT2D eigenvalue weighted by molar-refractivity contribution is 6.33. The molecule has 1 aliphatic heterocycles. The first-order valence-electron chi connectivity index (χ1n) is 12.3. The van der Waals surface area contributed by atoms with E-state index in [-0.39, 0.29) is 33.9 Å². The molecule has 0 spiro atoms. The van der Waals surface area contributed by atoms with Crippen LogP contribution in [0.15, 0.2) is 47.4 Å². The van der Waals surface area contributed by atoms with Crippen LogP contribution in [0.4, 0.5) is 10.2 Å². The normalized spacial score (nSPS) is 16.1. The van der Waals surface area contributed by atoms with Crippen molar-refractivity contribution in [1.82, 2.24) is 19.9 Å². The van der Waals surface area contributed by atoms with E-state index in [4.69, 9.17) is 16.6 Å². The van der Waals surface area contributed by atoms with Gasteiger partial charge in [0.05, 0.1) is 16.1 Å². The molecule has 3 aromatic heterocycles. The Bertz CT molecular complexity index is 1570. The van der Waals surface area contributed by atoms with Gasteiger partial charge < -0.3 is 15.4 Å². The van der Waals surface area contributed by atoms with Crippen molar-refractivity contribution in [1.29, 1.82) is 0 Å². The Morgan fingerprint density at radius 2 is 2.00 bits per heavy atom. The Morgan fingerprint density at radius 3 is 2.70 bits per heavy atom. The molecule has 1 atom stereocenters. The zero-order valence-corrected chi connectivity index (χ0v) is 21.9. The summed E-state index contributed by atoms with van der Waals surface area (Å²) in [4.78, 5) is 25.1. The minimum Gasteiger partial charge on any atom is -0.618 e. The Morgan fingerprint density at radius 1 is 1.24 bits per heavy atom. The van der Waals surface area contributed by atoms with E-state index in [0.717, 1.165) is 17.8 Å². The molecule has 1 fully saturated rings. The molecule has 1 aliphatic rings. The van der Waals surface area contributed by atoms with Gasteiger partial charge in [0, 0.05) is 43.2 Å². The van der Waals surface area contributed by atoms with Crippen LogP contribution in [0.2, 0.25) is 5.02 Å². The Labute approximate surface area is 218 Å². The van der Waals surface area contributed by atoms with Crippen molar-refractivity contribution < 1.29 is 9.12 Å². The van der Waals surface area contributed by atoms with Crippen LogP contribution < -0.4 is 20.6 Å². The van der Waals surface area contributed by atoms with Gasteiger partial charge in [-0.05, 0) is 37.6 Å². The van der Waals surface area contributed by atoms with E-state index >= 15 is 0 Å². The standard InChI is InChI=1S/C27H28ClFN6O2/c1-15(2)23-24(16(3)9-11-34(23)37)35-26-19(25(32-27(35)36)33-12-10-30-14-17(33)4)13-20(28)22(31-26)18-7-5-6-8-21(18)29/h5-9,11,13,15,17,30H,10,12,14H2,1-4H3/t17-/m0/s1. The van der Waals surface area contributed by atoms with E-state index in [9.17, 15) is 14.4 Å². The maximum atomic E-state index is 14.8. The van der Waals surface area contributed by atoms with E-state index in [1.165, 1.54) is 16.8 Å². The molecule has 192 valence electrons. The Kier molecular flexibility index (Phi) is 6.59. The number of aryl methyl sites for hydroxylation is 1. The quantitative estimate of drug-likeness (QED) is 0.320. The summed E-state index contributed by atoms with van der Waals surface area (Å²) in [6.07, 6.45) is 1.43. The predicted octanol–water partition coefficient (Wildman–Crippen LogP) is 4.10. The van der Waals surface area contributed by atoms with Crippen molar-refractivity contribution in [3.8, 4) is 16.9 Å². The van der Waals surface area contributed by atoms with Gasteiger partial charge in [-0.25, -0.2) is 18.7 Å². The van der Waals surface area contributed by atoms with Crippen molar-refractivity contribution >= 4 is 28.5 Å². The molecule has 1 saturated heterocycles. The molecule has 37 heavy (non-hydrogen) atoms. The lowest BCUT2D eigenvalue weighted by Crippen LogP contribution is -2.51. The van der Waals surface area contributed by atoms with Crippen LogP contribution in [0.3, 0.4) is 0 Å². The molecular weight excluding hydrogens is 495 g/mol. The number of nitrogens with zero attached hydrogens (tertiary/aromatic N) is 5. The number of hydrogen-bond acceptors (Lipinski definition) is 6. The molecule has 4 aromatic rings. The van der Waals surface area contributed by atoms with E-state index in [2.05, 4.69) is 15.2 Å². The summed E-state index contributed by atoms with van der Waals surface area (Å²) < 4.78 is 17.0. The summed E-state index contributed by atoms with van der Waals surface area (Å²) in [6, 6.07) is 9.64. The van der Waals surface area contributed by atoms with Crippen molar-refractivity contribution in [2.24, 2.45) is 0 Å². The molecule has 0 radical (unpaired) electrons. The maximum absolute atomic E-state index is 14.8. The highest BCUT2D eigenvalue weighted by atomic mass is 35.5. The van der Waals surface area contributed by atoms with Crippen molar-refractivity contribution in [3.05, 3.63) is 80.4 Å². The maximum Gasteiger partial charge on any atom is 0.356 e. The first-order valence-corrected chi connectivity index (χ1v) is 12.7. The summed E-state index contributed by atoms with van der Waals surface area (Å²) in [7, 11) is 0. The number of halogens is 2. The summed E-state index contributed by atoms with van der Waals surface area (Å²) in [5, 5.41) is 17.0. The summed E-state index contributed by atoms with van der Waals surface area (Å²) in [6.45, 7) is 9.76. The van der Waals surface area contributed by atoms with E-state index < -0.39 is 11.5 Å². The number of aromatic nitrogens is 4. The highest BCUT2D eigenvalue weighted by Crippen LogP contribution is 2.35. The zero-order chi connectivity index (χ0) is 26.4. The van der Waals surface area contributed by atoms with Crippen molar-refractivity contribution in [2.75, 3.05) is 24.5 Å². The number of benzene rings is 1. The lowest BCUT2D eigenvalue weighted by atomic mass is 10.0. The number of fused-ring (bicyclic) bond motifs is 1. The van der Waals surface area contributed by atoms with Gasteiger partial charge in [-0.3, -0.25) is 0 Å². The number of rotatable bonds is 4. The van der Waals surface area contributed by atoms with Crippen molar-refractivity contribution in [3.63, 3.8) is 0 Å². The molecular formula is C27H28ClFN6O2. The molecule has 0 bridgehead atoms. The molecule has 0 aliphatic carbocycles. The average Bonchev–Trinajstić information content (AvgIpc) is 2.86. The second-order valence-electron chi connectivity index (χ2n) is 9.68. The van der Waals surface area contributed by atoms with Gasteiger partial charge >= 0.3 is 5.69 Å². The summed E-state index contributed by atoms with van der Waals surface area (Å²) in [5.41, 5.74) is 1.67. The molecule has 10 heteroatoms. The van der Waals surface area contributed by atoms with Crippen LogP contribution >= 0.6 is 11.6 Å². The first-order chi connectivity index (χ1) is 17.7. The SMILES string of the molecule is Cc1cc[n+]([O-])c(C(C)C)c1-n1c(=O)nc(N2CCNC[C@@H]2C)c2cc(Cl)c(-c3ccccc3F)nc21. The Balaban J connectivity index is 1.92. The minimum absolute atomic E-state index is 0.0678. The predicted molar refractivity (Wildman–Crippen MR) is 143 cm³/mol. The number of pyridine rings is 2. The van der Waals surface area contributed by atoms with Gasteiger partial charge in [0.15, 0.2) is 11.8 Å². The van der Waals surface area contributed by atoms with Gasteiger partial charge in [0.1, 0.15) is 17.3 Å². The van der Waals surface area contributed by atoms with Gasteiger partial charge in [-0.2, -0.15) is 9.71 Å². The van der Waals surface area contributed by atoms with Gasteiger partial charge in [-0.15, -0.1) is 0 Å². The fourth-order valence-electron chi connectivity index (χ4n) is 4.99. The van der Waals surface area contributed by atoms with E-state index in [1.807, 2.05) is 27.7 Å².